The van der Waals surface area contributed by atoms with Crippen LogP contribution in [-0.4, -0.2) is 48.8 Å². The monoisotopic (exact) mass is 418 g/mol. The van der Waals surface area contributed by atoms with Gasteiger partial charge in [0.1, 0.15) is 0 Å². The predicted molar refractivity (Wildman–Crippen MR) is 114 cm³/mol. The van der Waals surface area contributed by atoms with Gasteiger partial charge in [-0.2, -0.15) is 0 Å². The second-order valence-corrected chi connectivity index (χ2v) is 7.23. The Morgan fingerprint density at radius 1 is 1.10 bits per heavy atom. The van der Waals surface area contributed by atoms with Crippen LogP contribution in [0.5, 0.6) is 17.4 Å². The van der Waals surface area contributed by atoms with Crippen LogP contribution in [0.2, 0.25) is 0 Å². The summed E-state index contributed by atoms with van der Waals surface area (Å²) in [5, 5.41) is 10.3. The molecule has 0 radical (unpaired) electrons. The van der Waals surface area contributed by atoms with Gasteiger partial charge in [0.25, 0.3) is 0 Å². The van der Waals surface area contributed by atoms with Crippen LogP contribution in [0.3, 0.4) is 0 Å². The predicted octanol–water partition coefficient (Wildman–Crippen LogP) is 3.77. The van der Waals surface area contributed by atoms with Crippen molar-refractivity contribution < 1.29 is 19.3 Å². The number of ether oxygens (including phenoxy) is 3. The molecule has 1 aromatic carbocycles. The van der Waals surface area contributed by atoms with Crippen LogP contribution < -0.4 is 14.2 Å². The number of aliphatic hydroxyl groups is 1. The van der Waals surface area contributed by atoms with Gasteiger partial charge in [0, 0.05) is 29.3 Å². The number of hydrogen-bond donors (Lipinski definition) is 1. The molecule has 156 valence electrons. The average molecular weight is 419 g/mol. The summed E-state index contributed by atoms with van der Waals surface area (Å²) in [6.07, 6.45) is 3.87. The molecule has 0 bridgehead atoms. The number of rotatable bonds is 5. The summed E-state index contributed by atoms with van der Waals surface area (Å²) in [6.45, 7) is 2.52. The first-order chi connectivity index (χ1) is 13.6. The third-order valence-corrected chi connectivity index (χ3v) is 5.59. The third-order valence-electron chi connectivity index (χ3n) is 5.59. The van der Waals surface area contributed by atoms with E-state index in [4.69, 9.17) is 19.2 Å². The van der Waals surface area contributed by atoms with E-state index in [1.165, 1.54) is 0 Å². The molecule has 0 spiro atoms. The molecule has 1 aliphatic carbocycles. The minimum Gasteiger partial charge on any atom is -0.493 e. The molecule has 1 fully saturated rings. The number of halogens is 1. The smallest absolute Gasteiger partial charge is 0.212 e. The lowest BCUT2D eigenvalue weighted by atomic mass is 9.74. The normalized spacial score (nSPS) is 22.5. The number of hydrogen-bond acceptors (Lipinski definition) is 6. The maximum Gasteiger partial charge on any atom is 0.212 e. The zero-order chi connectivity index (χ0) is 19.7. The van der Waals surface area contributed by atoms with E-state index in [-0.39, 0.29) is 30.5 Å². The first-order valence-corrected chi connectivity index (χ1v) is 9.76. The van der Waals surface area contributed by atoms with Crippen molar-refractivity contribution in [3.63, 3.8) is 0 Å². The molecule has 1 N–H and O–H groups in total. The number of aromatic nitrogens is 1. The third kappa shape index (κ3) is 4.05. The van der Waals surface area contributed by atoms with Crippen molar-refractivity contribution in [1.29, 1.82) is 0 Å². The second-order valence-electron chi connectivity index (χ2n) is 7.23. The summed E-state index contributed by atoms with van der Waals surface area (Å²) in [7, 11) is 3.25. The van der Waals surface area contributed by atoms with Crippen molar-refractivity contribution >= 4 is 18.1 Å². The Labute approximate surface area is 177 Å². The summed E-state index contributed by atoms with van der Waals surface area (Å²) < 4.78 is 16.6. The summed E-state index contributed by atoms with van der Waals surface area (Å²) in [6, 6.07) is 8.05. The van der Waals surface area contributed by atoms with Crippen LogP contribution in [0.25, 0.3) is 0 Å². The minimum atomic E-state index is -0.286. The molecule has 0 unspecified atom stereocenters. The lowest BCUT2D eigenvalue weighted by Gasteiger charge is -2.37. The molecule has 29 heavy (non-hydrogen) atoms. The van der Waals surface area contributed by atoms with Gasteiger partial charge in [0.2, 0.25) is 5.88 Å². The summed E-state index contributed by atoms with van der Waals surface area (Å²) in [5.41, 5.74) is 4.03. The Balaban J connectivity index is 0.00000240. The van der Waals surface area contributed by atoms with E-state index in [1.54, 1.807) is 20.4 Å². The quantitative estimate of drug-likeness (QED) is 0.800. The number of fused-ring (bicyclic) bond motifs is 3. The minimum absolute atomic E-state index is 0. The van der Waals surface area contributed by atoms with Crippen LogP contribution in [0.15, 0.2) is 35.5 Å². The number of methoxy groups -OCH3 is 2. The van der Waals surface area contributed by atoms with Gasteiger partial charge in [-0.3, -0.25) is 4.99 Å². The topological polar surface area (TPSA) is 73.2 Å². The molecule has 0 saturated heterocycles. The van der Waals surface area contributed by atoms with E-state index in [0.717, 1.165) is 41.0 Å². The lowest BCUT2D eigenvalue weighted by molar-refractivity contribution is 0.111. The van der Waals surface area contributed by atoms with E-state index in [0.29, 0.717) is 24.7 Å². The number of nitrogens with zero attached hydrogens (tertiary/aromatic N) is 2. The van der Waals surface area contributed by atoms with Crippen molar-refractivity contribution in [1.82, 2.24) is 4.98 Å². The van der Waals surface area contributed by atoms with Crippen LogP contribution in [-0.2, 0) is 0 Å². The fourth-order valence-corrected chi connectivity index (χ4v) is 4.24. The molecule has 1 aromatic heterocycles. The summed E-state index contributed by atoms with van der Waals surface area (Å²) in [5.74, 6) is 2.17. The highest BCUT2D eigenvalue weighted by atomic mass is 35.5. The van der Waals surface area contributed by atoms with Crippen LogP contribution in [0.4, 0.5) is 0 Å². The van der Waals surface area contributed by atoms with Crippen LogP contribution >= 0.6 is 12.4 Å². The lowest BCUT2D eigenvalue weighted by Crippen LogP contribution is -2.34. The Hall–Kier alpha value is -2.31. The van der Waals surface area contributed by atoms with E-state index < -0.39 is 0 Å². The van der Waals surface area contributed by atoms with Crippen LogP contribution in [0, 0.1) is 0 Å². The largest absolute Gasteiger partial charge is 0.493 e. The van der Waals surface area contributed by atoms with Gasteiger partial charge < -0.3 is 19.3 Å². The van der Waals surface area contributed by atoms with E-state index in [1.807, 2.05) is 25.1 Å². The summed E-state index contributed by atoms with van der Waals surface area (Å²) in [4.78, 5) is 9.44. The van der Waals surface area contributed by atoms with Gasteiger partial charge in [-0.15, -0.1) is 12.4 Å². The highest BCUT2D eigenvalue weighted by Crippen LogP contribution is 2.44. The Morgan fingerprint density at radius 2 is 1.93 bits per heavy atom. The van der Waals surface area contributed by atoms with Gasteiger partial charge in [0.05, 0.1) is 38.7 Å². The van der Waals surface area contributed by atoms with Crippen molar-refractivity contribution in [2.75, 3.05) is 20.8 Å². The number of aliphatic hydroxyl groups excluding tert-OH is 1. The Morgan fingerprint density at radius 3 is 2.59 bits per heavy atom. The molecule has 2 aromatic rings. The standard InChI is InChI=1S/C22H26N2O4.ClH/c1-4-28-20-10-15-16-9-14(25)6-7-18(16)24-22(17(15)11-19(20)26-2)13-5-8-21(27-3)23-12-13;/h5,8,10-12,14,16,18,25H,4,6-7,9H2,1-3H3;1H/t14-,16-,18-;/m1./s1. The van der Waals surface area contributed by atoms with Gasteiger partial charge >= 0.3 is 0 Å². The molecule has 2 heterocycles. The first-order valence-electron chi connectivity index (χ1n) is 9.76. The molecular formula is C22H27ClN2O4. The van der Waals surface area contributed by atoms with Crippen molar-refractivity contribution in [2.45, 2.75) is 44.2 Å². The number of benzene rings is 1. The summed E-state index contributed by atoms with van der Waals surface area (Å²) >= 11 is 0. The first kappa shape index (κ1) is 21.4. The van der Waals surface area contributed by atoms with E-state index in [2.05, 4.69) is 11.1 Å². The molecule has 1 saturated carbocycles. The van der Waals surface area contributed by atoms with Crippen molar-refractivity contribution in [2.24, 2.45) is 4.99 Å². The van der Waals surface area contributed by atoms with Crippen molar-refractivity contribution in [3.8, 4) is 17.4 Å². The maximum atomic E-state index is 10.3. The fraction of sp³-hybridized carbons (Fsp3) is 0.455. The van der Waals surface area contributed by atoms with Gasteiger partial charge in [-0.1, -0.05) is 0 Å². The van der Waals surface area contributed by atoms with Gasteiger partial charge in [-0.05, 0) is 49.9 Å². The molecule has 7 heteroatoms. The average Bonchev–Trinajstić information content (AvgIpc) is 2.73. The maximum absolute atomic E-state index is 10.3. The zero-order valence-corrected chi connectivity index (χ0v) is 17.7. The van der Waals surface area contributed by atoms with Crippen LogP contribution in [0.1, 0.15) is 48.8 Å². The highest BCUT2D eigenvalue weighted by Gasteiger charge is 2.37. The molecule has 4 rings (SSSR count). The SMILES string of the molecule is CCOc1cc2c(cc1OC)C(c1ccc(OC)nc1)=N[C@@H]1CC[C@@H](O)C[C@H]21.Cl. The van der Waals surface area contributed by atoms with E-state index in [9.17, 15) is 5.11 Å². The molecule has 3 atom stereocenters. The fourth-order valence-electron chi connectivity index (χ4n) is 4.24. The van der Waals surface area contributed by atoms with Gasteiger partial charge in [-0.25, -0.2) is 4.98 Å². The Bertz CT molecular complexity index is 885. The second kappa shape index (κ2) is 9.01. The molecule has 1 aliphatic heterocycles. The molecular weight excluding hydrogens is 392 g/mol. The number of aliphatic imine (C=N–C) groups is 1. The zero-order valence-electron chi connectivity index (χ0n) is 16.9. The van der Waals surface area contributed by atoms with Crippen molar-refractivity contribution in [3.05, 3.63) is 47.2 Å². The molecule has 0 amide bonds. The highest BCUT2D eigenvalue weighted by molar-refractivity contribution is 6.14. The van der Waals surface area contributed by atoms with Gasteiger partial charge in [0.15, 0.2) is 11.5 Å². The molecule has 6 nitrogen and oxygen atoms in total. The number of pyridine rings is 1. The Kier molecular flexibility index (Phi) is 6.65. The molecule has 2 aliphatic rings. The van der Waals surface area contributed by atoms with E-state index >= 15 is 0 Å².